The Labute approximate surface area is 131 Å². The molecule has 1 unspecified atom stereocenters. The Balaban J connectivity index is 2.89. The molecular weight excluding hydrogens is 284 g/mol. The maximum absolute atomic E-state index is 11.9. The molecule has 0 aliphatic carbocycles. The maximum atomic E-state index is 11.9. The zero-order chi connectivity index (χ0) is 16.3. The van der Waals surface area contributed by atoms with Crippen LogP contribution < -0.4 is 5.32 Å². The summed E-state index contributed by atoms with van der Waals surface area (Å²) in [7, 11) is -2.90. The molecule has 0 spiro atoms. The summed E-state index contributed by atoms with van der Waals surface area (Å²) in [5, 5.41) is 3.70. The molecule has 1 fully saturated rings. The van der Waals surface area contributed by atoms with Gasteiger partial charge in [-0.05, 0) is 18.3 Å². The van der Waals surface area contributed by atoms with Crippen molar-refractivity contribution < 1.29 is 8.42 Å². The first-order chi connectivity index (χ1) is 9.60. The van der Waals surface area contributed by atoms with Gasteiger partial charge in [0.05, 0.1) is 5.75 Å². The van der Waals surface area contributed by atoms with Crippen LogP contribution >= 0.6 is 0 Å². The predicted molar refractivity (Wildman–Crippen MR) is 90.5 cm³/mol. The highest BCUT2D eigenvalue weighted by Crippen LogP contribution is 2.31. The van der Waals surface area contributed by atoms with Gasteiger partial charge < -0.3 is 5.32 Å². The third-order valence-electron chi connectivity index (χ3n) is 5.22. The number of sulfone groups is 1. The van der Waals surface area contributed by atoms with E-state index in [0.717, 1.165) is 25.9 Å². The van der Waals surface area contributed by atoms with Crippen molar-refractivity contribution in [3.05, 3.63) is 0 Å². The van der Waals surface area contributed by atoms with Gasteiger partial charge in [0.2, 0.25) is 0 Å². The fraction of sp³-hybridized carbons (Fsp3) is 1.00. The molecule has 1 N–H and O–H groups in total. The Hall–Kier alpha value is -0.130. The first-order valence-electron chi connectivity index (χ1n) is 8.29. The molecule has 0 bridgehead atoms. The van der Waals surface area contributed by atoms with Crippen LogP contribution in [0.25, 0.3) is 0 Å². The van der Waals surface area contributed by atoms with E-state index >= 15 is 0 Å². The van der Waals surface area contributed by atoms with E-state index in [-0.39, 0.29) is 22.5 Å². The summed E-state index contributed by atoms with van der Waals surface area (Å²) in [4.78, 5) is 2.44. The van der Waals surface area contributed by atoms with Gasteiger partial charge in [-0.3, -0.25) is 4.90 Å². The lowest BCUT2D eigenvalue weighted by Gasteiger charge is -2.52. The fourth-order valence-electron chi connectivity index (χ4n) is 3.15. The molecule has 1 saturated heterocycles. The molecule has 126 valence electrons. The van der Waals surface area contributed by atoms with Crippen molar-refractivity contribution in [2.75, 3.05) is 31.1 Å². The minimum absolute atomic E-state index is 0.102. The lowest BCUT2D eigenvalue weighted by atomic mass is 9.80. The van der Waals surface area contributed by atoms with Crippen molar-refractivity contribution in [3.63, 3.8) is 0 Å². The van der Waals surface area contributed by atoms with Crippen molar-refractivity contribution in [1.82, 2.24) is 10.2 Å². The van der Waals surface area contributed by atoms with Crippen molar-refractivity contribution >= 4 is 9.84 Å². The van der Waals surface area contributed by atoms with Crippen LogP contribution in [0.3, 0.4) is 0 Å². The molecule has 4 nitrogen and oxygen atoms in total. The Bertz CT molecular complexity index is 422. The minimum Gasteiger partial charge on any atom is -0.310 e. The third-order valence-corrected chi connectivity index (χ3v) is 6.91. The molecule has 0 aromatic heterocycles. The van der Waals surface area contributed by atoms with Crippen molar-refractivity contribution in [2.45, 2.75) is 66.0 Å². The summed E-state index contributed by atoms with van der Waals surface area (Å²) in [5.74, 6) is 0.523. The van der Waals surface area contributed by atoms with Gasteiger partial charge in [0, 0.05) is 37.0 Å². The van der Waals surface area contributed by atoms with Gasteiger partial charge in [-0.1, -0.05) is 41.5 Å². The molecule has 0 aromatic rings. The van der Waals surface area contributed by atoms with Crippen LogP contribution in [0.5, 0.6) is 0 Å². The highest BCUT2D eigenvalue weighted by Gasteiger charge is 2.41. The van der Waals surface area contributed by atoms with E-state index in [1.807, 2.05) is 0 Å². The second-order valence-corrected chi connectivity index (χ2v) is 9.89. The molecule has 5 heteroatoms. The van der Waals surface area contributed by atoms with Crippen LogP contribution in [0.1, 0.15) is 54.4 Å². The van der Waals surface area contributed by atoms with Crippen molar-refractivity contribution in [3.8, 4) is 0 Å². The van der Waals surface area contributed by atoms with E-state index in [2.05, 4.69) is 44.8 Å². The van der Waals surface area contributed by atoms with Gasteiger partial charge in [0.25, 0.3) is 0 Å². The average molecular weight is 319 g/mol. The molecule has 1 aliphatic heterocycles. The number of hydrogen-bond donors (Lipinski definition) is 1. The van der Waals surface area contributed by atoms with E-state index in [0.29, 0.717) is 12.6 Å². The molecule has 1 aliphatic rings. The molecule has 0 radical (unpaired) electrons. The van der Waals surface area contributed by atoms with E-state index < -0.39 is 9.84 Å². The van der Waals surface area contributed by atoms with Gasteiger partial charge >= 0.3 is 0 Å². The first-order valence-corrected chi connectivity index (χ1v) is 10.1. The summed E-state index contributed by atoms with van der Waals surface area (Å²) in [6.07, 6.45) is 2.11. The lowest BCUT2D eigenvalue weighted by molar-refractivity contribution is 0.0125. The van der Waals surface area contributed by atoms with E-state index in [4.69, 9.17) is 0 Å². The molecule has 0 aromatic carbocycles. The smallest absolute Gasteiger partial charge is 0.151 e. The summed E-state index contributed by atoms with van der Waals surface area (Å²) in [6, 6.07) is 0.410. The van der Waals surface area contributed by atoms with E-state index in [1.54, 1.807) is 6.92 Å². The van der Waals surface area contributed by atoms with Gasteiger partial charge in [-0.15, -0.1) is 0 Å². The van der Waals surface area contributed by atoms with Crippen LogP contribution in [0, 0.1) is 5.41 Å². The average Bonchev–Trinajstić information content (AvgIpc) is 2.44. The Kier molecular flexibility index (Phi) is 6.28. The number of rotatable bonds is 6. The molecule has 0 amide bonds. The van der Waals surface area contributed by atoms with Crippen LogP contribution in [-0.4, -0.2) is 56.0 Å². The Morgan fingerprint density at radius 2 is 1.76 bits per heavy atom. The summed E-state index contributed by atoms with van der Waals surface area (Å²) < 4.78 is 23.7. The van der Waals surface area contributed by atoms with Crippen LogP contribution in [0.2, 0.25) is 0 Å². The topological polar surface area (TPSA) is 49.4 Å². The minimum atomic E-state index is -2.90. The fourth-order valence-corrected chi connectivity index (χ4v) is 3.94. The molecule has 0 saturated carbocycles. The molecular formula is C16H34N2O2S. The SMILES string of the molecule is CCC1(CC)CNC(C(C)(C)C)CN1CCS(=O)(=O)CC. The van der Waals surface area contributed by atoms with Gasteiger partial charge in [0.15, 0.2) is 9.84 Å². The first kappa shape index (κ1) is 18.9. The molecule has 1 rings (SSSR count). The second kappa shape index (κ2) is 6.97. The molecule has 1 atom stereocenters. The van der Waals surface area contributed by atoms with Gasteiger partial charge in [-0.2, -0.15) is 0 Å². The lowest BCUT2D eigenvalue weighted by Crippen LogP contribution is -2.67. The largest absolute Gasteiger partial charge is 0.310 e. The van der Waals surface area contributed by atoms with Crippen LogP contribution in [0.4, 0.5) is 0 Å². The van der Waals surface area contributed by atoms with Crippen LogP contribution in [0.15, 0.2) is 0 Å². The quantitative estimate of drug-likeness (QED) is 0.816. The monoisotopic (exact) mass is 318 g/mol. The summed E-state index contributed by atoms with van der Waals surface area (Å²) in [5.41, 5.74) is 0.292. The molecule has 21 heavy (non-hydrogen) atoms. The standard InChI is InChI=1S/C16H34N2O2S/c1-7-16(8-2)13-17-14(15(4,5)6)12-18(16)10-11-21(19,20)9-3/h14,17H,7-13H2,1-6H3. The maximum Gasteiger partial charge on any atom is 0.151 e. The Morgan fingerprint density at radius 1 is 1.19 bits per heavy atom. The van der Waals surface area contributed by atoms with E-state index in [1.165, 1.54) is 0 Å². The normalized spacial score (nSPS) is 24.2. The number of nitrogens with one attached hydrogen (secondary N) is 1. The third kappa shape index (κ3) is 4.67. The van der Waals surface area contributed by atoms with Crippen molar-refractivity contribution in [2.24, 2.45) is 5.41 Å². The zero-order valence-electron chi connectivity index (χ0n) is 14.7. The number of nitrogens with zero attached hydrogens (tertiary/aromatic N) is 1. The number of hydrogen-bond acceptors (Lipinski definition) is 4. The second-order valence-electron chi connectivity index (χ2n) is 7.41. The summed E-state index contributed by atoms with van der Waals surface area (Å²) >= 11 is 0. The molecule has 1 heterocycles. The van der Waals surface area contributed by atoms with Crippen LogP contribution in [-0.2, 0) is 9.84 Å². The van der Waals surface area contributed by atoms with E-state index in [9.17, 15) is 8.42 Å². The van der Waals surface area contributed by atoms with Gasteiger partial charge in [0.1, 0.15) is 0 Å². The van der Waals surface area contributed by atoms with Gasteiger partial charge in [-0.25, -0.2) is 8.42 Å². The zero-order valence-corrected chi connectivity index (χ0v) is 15.5. The highest BCUT2D eigenvalue weighted by atomic mass is 32.2. The highest BCUT2D eigenvalue weighted by molar-refractivity contribution is 7.91. The number of piperazine rings is 1. The summed E-state index contributed by atoms with van der Waals surface area (Å²) in [6.45, 7) is 15.4. The Morgan fingerprint density at radius 3 is 2.19 bits per heavy atom. The van der Waals surface area contributed by atoms with Crippen molar-refractivity contribution in [1.29, 1.82) is 0 Å². The predicted octanol–water partition coefficient (Wildman–Crippen LogP) is 2.30.